The number of aliphatic hydroxyl groups excluding tert-OH is 1. The van der Waals surface area contributed by atoms with Crippen molar-refractivity contribution in [2.45, 2.75) is 193 Å². The molecule has 0 aliphatic rings. The van der Waals surface area contributed by atoms with E-state index < -0.39 is 6.10 Å². The van der Waals surface area contributed by atoms with Crippen LogP contribution in [0.2, 0.25) is 0 Å². The highest BCUT2D eigenvalue weighted by Gasteiger charge is 2.16. The number of rotatable bonds is 43. The van der Waals surface area contributed by atoms with Gasteiger partial charge in [-0.1, -0.05) is 205 Å². The van der Waals surface area contributed by atoms with Crippen LogP contribution in [0, 0.1) is 0 Å². The van der Waals surface area contributed by atoms with Crippen molar-refractivity contribution in [3.8, 4) is 0 Å². The molecule has 0 aliphatic heterocycles. The predicted molar refractivity (Wildman–Crippen MR) is 274 cm³/mol. The summed E-state index contributed by atoms with van der Waals surface area (Å²) in [5.74, 6) is -0.650. The fraction of sp³-hybridized carbons (Fsp3) is 0.552. The Kier molecular flexibility index (Phi) is 48.6. The molecule has 1 N–H and O–H groups in total. The maximum atomic E-state index is 12.2. The minimum absolute atomic E-state index is 0.0934. The molecule has 0 rings (SSSR count). The van der Waals surface area contributed by atoms with Gasteiger partial charge >= 0.3 is 11.9 Å². The number of hydrogen-bond donors (Lipinski definition) is 1. The van der Waals surface area contributed by atoms with E-state index in [1.54, 1.807) is 0 Å². The molecule has 0 aromatic carbocycles. The van der Waals surface area contributed by atoms with Gasteiger partial charge in [-0.15, -0.1) is 0 Å². The van der Waals surface area contributed by atoms with Gasteiger partial charge < -0.3 is 14.6 Å². The molecule has 0 fully saturated rings. The number of carbonyl (C=O) groups excluding carboxylic acids is 2. The van der Waals surface area contributed by atoms with Crippen LogP contribution in [0.5, 0.6) is 0 Å². The molecule has 0 radical (unpaired) electrons. The van der Waals surface area contributed by atoms with Gasteiger partial charge in [0.2, 0.25) is 0 Å². The summed E-state index contributed by atoms with van der Waals surface area (Å²) in [7, 11) is 0. The van der Waals surface area contributed by atoms with Gasteiger partial charge in [0.05, 0.1) is 6.61 Å². The van der Waals surface area contributed by atoms with Crippen LogP contribution in [0.3, 0.4) is 0 Å². The predicted octanol–water partition coefficient (Wildman–Crippen LogP) is 16.7. The molecule has 0 amide bonds. The Labute approximate surface area is 387 Å². The highest BCUT2D eigenvalue weighted by Crippen LogP contribution is 2.11. The molecule has 0 saturated heterocycles. The SMILES string of the molecule is CC/C=C\C/C=C\C/C=C\C/C=C\C/C=C\C/C=C\C/C=C\C/C=C\C/C=C\C/C=C\CCCCCCC(=O)OC(CO)COC(=O)CCCCCCC/C=C\C/C=C\CCCC. The van der Waals surface area contributed by atoms with E-state index >= 15 is 0 Å². The zero-order valence-electron chi connectivity index (χ0n) is 40.0. The first-order valence-corrected chi connectivity index (χ1v) is 24.9. The first-order chi connectivity index (χ1) is 31.1. The second-order valence-corrected chi connectivity index (χ2v) is 15.8. The van der Waals surface area contributed by atoms with Crippen molar-refractivity contribution >= 4 is 11.9 Å². The lowest BCUT2D eigenvalue weighted by Crippen LogP contribution is -2.28. The van der Waals surface area contributed by atoms with Crippen LogP contribution in [0.4, 0.5) is 0 Å². The van der Waals surface area contributed by atoms with Crippen molar-refractivity contribution in [1.29, 1.82) is 0 Å². The zero-order chi connectivity index (χ0) is 45.6. The van der Waals surface area contributed by atoms with Crippen LogP contribution < -0.4 is 0 Å². The number of esters is 2. The Morgan fingerprint density at radius 2 is 0.683 bits per heavy atom. The highest BCUT2D eigenvalue weighted by molar-refractivity contribution is 5.70. The highest BCUT2D eigenvalue weighted by atomic mass is 16.6. The molecule has 0 aromatic rings. The van der Waals surface area contributed by atoms with Crippen molar-refractivity contribution in [3.63, 3.8) is 0 Å². The second kappa shape index (κ2) is 52.1. The molecule has 5 heteroatoms. The first-order valence-electron chi connectivity index (χ1n) is 24.9. The van der Waals surface area contributed by atoms with E-state index in [1.165, 1.54) is 25.7 Å². The molecule has 63 heavy (non-hydrogen) atoms. The van der Waals surface area contributed by atoms with E-state index in [0.717, 1.165) is 135 Å². The monoisotopic (exact) mass is 867 g/mol. The Balaban J connectivity index is 3.70. The largest absolute Gasteiger partial charge is 0.462 e. The molecule has 0 heterocycles. The molecule has 1 atom stereocenters. The van der Waals surface area contributed by atoms with Crippen LogP contribution in [-0.2, 0) is 19.1 Å². The van der Waals surface area contributed by atoms with Crippen molar-refractivity contribution < 1.29 is 24.2 Å². The number of unbranched alkanes of at least 4 members (excludes halogenated alkanes) is 11. The van der Waals surface area contributed by atoms with Crippen LogP contribution in [0.15, 0.2) is 146 Å². The van der Waals surface area contributed by atoms with Crippen LogP contribution >= 0.6 is 0 Å². The maximum absolute atomic E-state index is 12.2. The number of aliphatic hydroxyl groups is 1. The Morgan fingerprint density at radius 3 is 1.03 bits per heavy atom. The Morgan fingerprint density at radius 1 is 0.381 bits per heavy atom. The summed E-state index contributed by atoms with van der Waals surface area (Å²) in [4.78, 5) is 24.4. The summed E-state index contributed by atoms with van der Waals surface area (Å²) in [6.07, 6.45) is 79.3. The van der Waals surface area contributed by atoms with E-state index in [1.807, 2.05) is 0 Å². The zero-order valence-corrected chi connectivity index (χ0v) is 40.0. The molecule has 352 valence electrons. The minimum Gasteiger partial charge on any atom is -0.462 e. The Hall–Kier alpha value is -4.22. The number of ether oxygens (including phenoxy) is 2. The molecule has 0 aromatic heterocycles. The van der Waals surface area contributed by atoms with E-state index in [-0.39, 0.29) is 25.2 Å². The summed E-state index contributed by atoms with van der Waals surface area (Å²) in [5.41, 5.74) is 0. The third-order valence-electron chi connectivity index (χ3n) is 9.87. The smallest absolute Gasteiger partial charge is 0.306 e. The van der Waals surface area contributed by atoms with Crippen molar-refractivity contribution in [1.82, 2.24) is 0 Å². The van der Waals surface area contributed by atoms with Gasteiger partial charge in [0.15, 0.2) is 6.10 Å². The Bertz CT molecular complexity index is 1400. The van der Waals surface area contributed by atoms with Gasteiger partial charge in [-0.3, -0.25) is 9.59 Å². The first kappa shape index (κ1) is 58.8. The summed E-state index contributed by atoms with van der Waals surface area (Å²) in [6.45, 7) is 3.93. The fourth-order valence-corrected chi connectivity index (χ4v) is 6.13. The topological polar surface area (TPSA) is 72.8 Å². The van der Waals surface area contributed by atoms with Crippen LogP contribution in [0.1, 0.15) is 187 Å². The molecule has 5 nitrogen and oxygen atoms in total. The lowest BCUT2D eigenvalue weighted by atomic mass is 10.1. The van der Waals surface area contributed by atoms with E-state index in [2.05, 4.69) is 160 Å². The third-order valence-corrected chi connectivity index (χ3v) is 9.87. The standard InChI is InChI=1S/C58H90O5/c1-3-5-7-9-11-13-15-17-19-20-21-22-23-24-25-26-27-28-29-30-31-32-33-34-35-36-37-38-39-41-43-45-47-49-51-53-58(61)63-56(54-59)55-62-57(60)52-50-48-46-44-42-40-18-16-14-12-10-8-6-4-2/h5,7,10-13,16-19,21-22,24-25,27-28,30-31,33-34,36-37,39,41,56,59H,3-4,6,8-9,14-15,20,23,26,29,32,35,38,40,42-55H2,1-2H3/b7-5-,12-10-,13-11-,18-16-,19-17-,22-21-,25-24-,28-27-,31-30-,34-33-,37-36-,41-39-. The third kappa shape index (κ3) is 50.3. The van der Waals surface area contributed by atoms with Gasteiger partial charge in [-0.25, -0.2) is 0 Å². The average Bonchev–Trinajstić information content (AvgIpc) is 3.29. The molecule has 0 spiro atoms. The van der Waals surface area contributed by atoms with Crippen molar-refractivity contribution in [2.24, 2.45) is 0 Å². The average molecular weight is 867 g/mol. The number of hydrogen-bond acceptors (Lipinski definition) is 5. The van der Waals surface area contributed by atoms with Crippen molar-refractivity contribution in [2.75, 3.05) is 13.2 Å². The lowest BCUT2D eigenvalue weighted by Gasteiger charge is -2.15. The van der Waals surface area contributed by atoms with E-state index in [4.69, 9.17) is 9.47 Å². The molecular weight excluding hydrogens is 777 g/mol. The van der Waals surface area contributed by atoms with Gasteiger partial charge in [0, 0.05) is 12.8 Å². The minimum atomic E-state index is -0.802. The van der Waals surface area contributed by atoms with Gasteiger partial charge in [-0.2, -0.15) is 0 Å². The molecule has 0 saturated carbocycles. The van der Waals surface area contributed by atoms with Gasteiger partial charge in [0.25, 0.3) is 0 Å². The number of carbonyl (C=O) groups is 2. The van der Waals surface area contributed by atoms with Gasteiger partial charge in [0.1, 0.15) is 6.61 Å². The van der Waals surface area contributed by atoms with Crippen LogP contribution in [-0.4, -0.2) is 36.4 Å². The molecule has 0 bridgehead atoms. The molecule has 1 unspecified atom stereocenters. The van der Waals surface area contributed by atoms with E-state index in [9.17, 15) is 14.7 Å². The van der Waals surface area contributed by atoms with E-state index in [0.29, 0.717) is 12.8 Å². The quantitative estimate of drug-likeness (QED) is 0.0375. The summed E-state index contributed by atoms with van der Waals surface area (Å²) in [6, 6.07) is 0. The van der Waals surface area contributed by atoms with Crippen molar-refractivity contribution in [3.05, 3.63) is 146 Å². The van der Waals surface area contributed by atoms with Crippen LogP contribution in [0.25, 0.3) is 0 Å². The maximum Gasteiger partial charge on any atom is 0.306 e. The van der Waals surface area contributed by atoms with Gasteiger partial charge in [-0.05, 0) is 116 Å². The molecule has 0 aliphatic carbocycles. The molecular formula is C58H90O5. The normalized spacial score (nSPS) is 13.5. The number of allylic oxidation sites excluding steroid dienone is 24. The summed E-state index contributed by atoms with van der Waals surface area (Å²) < 4.78 is 10.6. The second-order valence-electron chi connectivity index (χ2n) is 15.8. The lowest BCUT2D eigenvalue weighted by molar-refractivity contribution is -0.161. The summed E-state index contributed by atoms with van der Waals surface area (Å²) >= 11 is 0. The fourth-order valence-electron chi connectivity index (χ4n) is 6.13. The summed E-state index contributed by atoms with van der Waals surface area (Å²) in [5, 5.41) is 9.60.